The largest absolute Gasteiger partial charge is 0.480 e. The van der Waals surface area contributed by atoms with Crippen molar-refractivity contribution in [1.82, 2.24) is 4.90 Å². The number of amides is 2. The number of aryl methyl sites for hydroxylation is 1. The zero-order chi connectivity index (χ0) is 15.4. The maximum Gasteiger partial charge on any atom is 0.325 e. The molecule has 6 heteroatoms. The SMILES string of the molecule is Cc1ccc(N(CC(=O)O)C(=O)N(C)C2CCSC2)cc1. The number of carbonyl (C=O) groups is 2. The van der Waals surface area contributed by atoms with E-state index in [1.54, 1.807) is 24.1 Å². The molecular weight excluding hydrogens is 288 g/mol. The summed E-state index contributed by atoms with van der Waals surface area (Å²) in [6, 6.07) is 7.25. The average Bonchev–Trinajstić information content (AvgIpc) is 2.98. The van der Waals surface area contributed by atoms with Gasteiger partial charge in [0.05, 0.1) is 0 Å². The second-order valence-corrected chi connectivity index (χ2v) is 6.38. The third-order valence-electron chi connectivity index (χ3n) is 3.63. The Bertz CT molecular complexity index is 512. The van der Waals surface area contributed by atoms with Crippen molar-refractivity contribution in [2.45, 2.75) is 19.4 Å². The van der Waals surface area contributed by atoms with Crippen molar-refractivity contribution in [3.8, 4) is 0 Å². The van der Waals surface area contributed by atoms with Gasteiger partial charge in [0.2, 0.25) is 0 Å². The highest BCUT2D eigenvalue weighted by Gasteiger charge is 2.29. The fraction of sp³-hybridized carbons (Fsp3) is 0.467. The standard InChI is InChI=1S/C15H20N2O3S/c1-11-3-5-12(6-4-11)17(9-14(18)19)15(20)16(2)13-7-8-21-10-13/h3-6,13H,7-10H2,1-2H3,(H,18,19). The Labute approximate surface area is 128 Å². The minimum Gasteiger partial charge on any atom is -0.480 e. The summed E-state index contributed by atoms with van der Waals surface area (Å²) in [5.41, 5.74) is 1.69. The van der Waals surface area contributed by atoms with Crippen molar-refractivity contribution >= 4 is 29.4 Å². The number of hydrogen-bond donors (Lipinski definition) is 1. The Kier molecular flexibility index (Phi) is 5.12. The Morgan fingerprint density at radius 1 is 1.33 bits per heavy atom. The molecule has 1 aromatic carbocycles. The molecule has 1 saturated heterocycles. The molecule has 1 N–H and O–H groups in total. The normalized spacial score (nSPS) is 17.5. The summed E-state index contributed by atoms with van der Waals surface area (Å²) in [5.74, 6) is 0.945. The Morgan fingerprint density at radius 2 is 2.00 bits per heavy atom. The van der Waals surface area contributed by atoms with E-state index >= 15 is 0 Å². The first-order valence-electron chi connectivity index (χ1n) is 6.89. The number of carboxylic acid groups (broad SMARTS) is 1. The smallest absolute Gasteiger partial charge is 0.325 e. The van der Waals surface area contributed by atoms with Crippen LogP contribution in [0.2, 0.25) is 0 Å². The highest BCUT2D eigenvalue weighted by Crippen LogP contribution is 2.24. The van der Waals surface area contributed by atoms with E-state index in [0.717, 1.165) is 23.5 Å². The van der Waals surface area contributed by atoms with Gasteiger partial charge in [-0.25, -0.2) is 4.79 Å². The third kappa shape index (κ3) is 3.91. The van der Waals surface area contributed by atoms with Crippen LogP contribution >= 0.6 is 11.8 Å². The number of hydrogen-bond acceptors (Lipinski definition) is 3. The molecule has 21 heavy (non-hydrogen) atoms. The van der Waals surface area contributed by atoms with E-state index in [4.69, 9.17) is 5.11 Å². The number of thioether (sulfide) groups is 1. The summed E-state index contributed by atoms with van der Waals surface area (Å²) in [4.78, 5) is 26.7. The quantitative estimate of drug-likeness (QED) is 0.928. The monoisotopic (exact) mass is 308 g/mol. The molecular formula is C15H20N2O3S. The second kappa shape index (κ2) is 6.85. The molecule has 2 amide bonds. The first-order valence-corrected chi connectivity index (χ1v) is 8.05. The van der Waals surface area contributed by atoms with Crippen molar-refractivity contribution in [1.29, 1.82) is 0 Å². The van der Waals surface area contributed by atoms with E-state index < -0.39 is 5.97 Å². The molecule has 2 rings (SSSR count). The van der Waals surface area contributed by atoms with Crippen molar-refractivity contribution in [3.63, 3.8) is 0 Å². The first kappa shape index (κ1) is 15.7. The van der Waals surface area contributed by atoms with Gasteiger partial charge in [0, 0.05) is 24.5 Å². The van der Waals surface area contributed by atoms with Gasteiger partial charge < -0.3 is 10.0 Å². The number of carboxylic acids is 1. The zero-order valence-electron chi connectivity index (χ0n) is 12.3. The third-order valence-corrected chi connectivity index (χ3v) is 4.77. The van der Waals surface area contributed by atoms with Crippen LogP contribution in [0.3, 0.4) is 0 Å². The van der Waals surface area contributed by atoms with Crippen LogP contribution in [-0.4, -0.2) is 53.1 Å². The summed E-state index contributed by atoms with van der Waals surface area (Å²) in [7, 11) is 1.75. The zero-order valence-corrected chi connectivity index (χ0v) is 13.1. The van der Waals surface area contributed by atoms with E-state index in [0.29, 0.717) is 5.69 Å². The Morgan fingerprint density at radius 3 is 2.52 bits per heavy atom. The van der Waals surface area contributed by atoms with E-state index in [9.17, 15) is 9.59 Å². The maximum atomic E-state index is 12.6. The van der Waals surface area contributed by atoms with Crippen molar-refractivity contribution in [2.75, 3.05) is 30.0 Å². The lowest BCUT2D eigenvalue weighted by Gasteiger charge is -2.30. The molecule has 1 heterocycles. The van der Waals surface area contributed by atoms with Crippen LogP contribution in [0.5, 0.6) is 0 Å². The Hall–Kier alpha value is -1.69. The molecule has 0 radical (unpaired) electrons. The van der Waals surface area contributed by atoms with Crippen molar-refractivity contribution < 1.29 is 14.7 Å². The number of benzene rings is 1. The lowest BCUT2D eigenvalue weighted by molar-refractivity contribution is -0.135. The number of anilines is 1. The fourth-order valence-electron chi connectivity index (χ4n) is 2.30. The Balaban J connectivity index is 2.20. The van der Waals surface area contributed by atoms with Crippen LogP contribution in [0.25, 0.3) is 0 Å². The topological polar surface area (TPSA) is 60.9 Å². The molecule has 0 aromatic heterocycles. The predicted molar refractivity (Wildman–Crippen MR) is 85.0 cm³/mol. The second-order valence-electron chi connectivity index (χ2n) is 5.23. The number of rotatable bonds is 4. The number of urea groups is 1. The number of carbonyl (C=O) groups excluding carboxylic acids is 1. The van der Waals surface area contributed by atoms with Crippen LogP contribution in [-0.2, 0) is 4.79 Å². The van der Waals surface area contributed by atoms with Gasteiger partial charge in [0.25, 0.3) is 0 Å². The molecule has 1 atom stereocenters. The molecule has 1 aromatic rings. The van der Waals surface area contributed by atoms with Crippen LogP contribution in [0.4, 0.5) is 10.5 Å². The fourth-order valence-corrected chi connectivity index (χ4v) is 3.57. The highest BCUT2D eigenvalue weighted by molar-refractivity contribution is 7.99. The molecule has 0 aliphatic carbocycles. The summed E-state index contributed by atoms with van der Waals surface area (Å²) in [5, 5.41) is 9.08. The average molecular weight is 308 g/mol. The lowest BCUT2D eigenvalue weighted by Crippen LogP contribution is -2.48. The van der Waals surface area contributed by atoms with E-state index in [1.807, 2.05) is 30.8 Å². The van der Waals surface area contributed by atoms with Crippen molar-refractivity contribution in [3.05, 3.63) is 29.8 Å². The van der Waals surface area contributed by atoms with Gasteiger partial charge in [-0.05, 0) is 31.2 Å². The van der Waals surface area contributed by atoms with Crippen LogP contribution in [0, 0.1) is 6.92 Å². The number of aliphatic carboxylic acids is 1. The minimum absolute atomic E-state index is 0.184. The summed E-state index contributed by atoms with van der Waals surface area (Å²) in [6.07, 6.45) is 0.960. The van der Waals surface area contributed by atoms with Gasteiger partial charge in [0.15, 0.2) is 0 Å². The van der Waals surface area contributed by atoms with Gasteiger partial charge in [-0.2, -0.15) is 11.8 Å². The minimum atomic E-state index is -1.02. The van der Waals surface area contributed by atoms with Crippen LogP contribution in [0.15, 0.2) is 24.3 Å². The van der Waals surface area contributed by atoms with E-state index in [2.05, 4.69) is 0 Å². The van der Waals surface area contributed by atoms with Crippen LogP contribution < -0.4 is 4.90 Å². The van der Waals surface area contributed by atoms with Gasteiger partial charge >= 0.3 is 12.0 Å². The highest BCUT2D eigenvalue weighted by atomic mass is 32.2. The molecule has 0 bridgehead atoms. The summed E-state index contributed by atoms with van der Waals surface area (Å²) < 4.78 is 0. The number of nitrogens with zero attached hydrogens (tertiary/aromatic N) is 2. The van der Waals surface area contributed by atoms with Gasteiger partial charge in [0.1, 0.15) is 6.54 Å². The molecule has 5 nitrogen and oxygen atoms in total. The van der Waals surface area contributed by atoms with E-state index in [-0.39, 0.29) is 18.6 Å². The van der Waals surface area contributed by atoms with Gasteiger partial charge in [-0.1, -0.05) is 17.7 Å². The van der Waals surface area contributed by atoms with Gasteiger partial charge in [-0.3, -0.25) is 9.69 Å². The molecule has 1 aliphatic rings. The van der Waals surface area contributed by atoms with Crippen molar-refractivity contribution in [2.24, 2.45) is 0 Å². The summed E-state index contributed by atoms with van der Waals surface area (Å²) in [6.45, 7) is 1.63. The first-order chi connectivity index (χ1) is 9.99. The predicted octanol–water partition coefficient (Wildman–Crippen LogP) is 2.44. The van der Waals surface area contributed by atoms with E-state index in [1.165, 1.54) is 4.90 Å². The lowest BCUT2D eigenvalue weighted by atomic mass is 10.2. The van der Waals surface area contributed by atoms with Gasteiger partial charge in [-0.15, -0.1) is 0 Å². The maximum absolute atomic E-state index is 12.6. The molecule has 1 unspecified atom stereocenters. The molecule has 0 saturated carbocycles. The molecule has 0 spiro atoms. The molecule has 1 aliphatic heterocycles. The van der Waals surface area contributed by atoms with Crippen LogP contribution in [0.1, 0.15) is 12.0 Å². The molecule has 114 valence electrons. The summed E-state index contributed by atoms with van der Waals surface area (Å²) >= 11 is 1.82. The molecule has 1 fully saturated rings.